The van der Waals surface area contributed by atoms with Gasteiger partial charge in [0.1, 0.15) is 0 Å². The highest BCUT2D eigenvalue weighted by Gasteiger charge is 2.66. The van der Waals surface area contributed by atoms with E-state index in [1.165, 1.54) is 13.8 Å². The molecule has 0 spiro atoms. The molecule has 7 heteroatoms. The fourth-order valence-electron chi connectivity index (χ4n) is 1.63. The molecular formula is C9H17F2O4P. The molecule has 4 nitrogen and oxygen atoms in total. The summed E-state index contributed by atoms with van der Waals surface area (Å²) in [6.45, 7) is 2.46. The van der Waals surface area contributed by atoms with Crippen LogP contribution < -0.4 is 0 Å². The quantitative estimate of drug-likeness (QED) is 0.713. The van der Waals surface area contributed by atoms with E-state index in [0.717, 1.165) is 0 Å². The Balaban J connectivity index is 2.80. The molecule has 1 aliphatic carbocycles. The summed E-state index contributed by atoms with van der Waals surface area (Å²) in [5, 5.41) is 8.76. The zero-order valence-electron chi connectivity index (χ0n) is 9.36. The van der Waals surface area contributed by atoms with Crippen molar-refractivity contribution in [2.45, 2.75) is 25.9 Å². The van der Waals surface area contributed by atoms with Gasteiger partial charge in [-0.2, -0.15) is 8.78 Å². The zero-order chi connectivity index (χ0) is 12.4. The van der Waals surface area contributed by atoms with Crippen molar-refractivity contribution < 1.29 is 27.5 Å². The lowest BCUT2D eigenvalue weighted by Gasteiger charge is -2.25. The first kappa shape index (κ1) is 14.0. The molecule has 0 unspecified atom stereocenters. The number of halogens is 2. The number of aliphatic hydroxyl groups is 1. The van der Waals surface area contributed by atoms with E-state index in [2.05, 4.69) is 9.05 Å². The summed E-state index contributed by atoms with van der Waals surface area (Å²) in [6.07, 6.45) is 0.160. The van der Waals surface area contributed by atoms with E-state index in [-0.39, 0.29) is 26.2 Å². The topological polar surface area (TPSA) is 55.8 Å². The third-order valence-electron chi connectivity index (χ3n) is 2.57. The van der Waals surface area contributed by atoms with Crippen LogP contribution in [0.3, 0.4) is 0 Å². The van der Waals surface area contributed by atoms with Gasteiger partial charge in [-0.25, -0.2) is 0 Å². The van der Waals surface area contributed by atoms with Gasteiger partial charge in [-0.1, -0.05) is 0 Å². The molecule has 0 radical (unpaired) electrons. The summed E-state index contributed by atoms with van der Waals surface area (Å²) in [6, 6.07) is 0. The third-order valence-corrected chi connectivity index (χ3v) is 4.82. The fraction of sp³-hybridized carbons (Fsp3) is 1.00. The van der Waals surface area contributed by atoms with Crippen molar-refractivity contribution in [2.75, 3.05) is 19.8 Å². The monoisotopic (exact) mass is 258 g/mol. The molecule has 0 aromatic carbocycles. The average Bonchev–Trinajstić information content (AvgIpc) is 2.97. The normalized spacial score (nSPS) is 25.8. The van der Waals surface area contributed by atoms with E-state index in [4.69, 9.17) is 5.11 Å². The van der Waals surface area contributed by atoms with Crippen LogP contribution in [0, 0.1) is 11.8 Å². The predicted octanol–water partition coefficient (Wildman–Crippen LogP) is 2.47. The van der Waals surface area contributed by atoms with Crippen LogP contribution in [0.1, 0.15) is 20.3 Å². The van der Waals surface area contributed by atoms with Gasteiger partial charge in [0.15, 0.2) is 0 Å². The highest BCUT2D eigenvalue weighted by molar-refractivity contribution is 7.55. The Hall–Kier alpha value is -0.0300. The first-order chi connectivity index (χ1) is 7.43. The Morgan fingerprint density at radius 2 is 1.88 bits per heavy atom. The number of hydrogen-bond donors (Lipinski definition) is 1. The molecule has 1 aliphatic rings. The summed E-state index contributed by atoms with van der Waals surface area (Å²) < 4.78 is 48.9. The molecular weight excluding hydrogens is 241 g/mol. The molecule has 96 valence electrons. The van der Waals surface area contributed by atoms with Gasteiger partial charge in [-0.05, 0) is 26.2 Å². The van der Waals surface area contributed by atoms with Crippen molar-refractivity contribution in [1.82, 2.24) is 0 Å². The number of hydrogen-bond acceptors (Lipinski definition) is 4. The lowest BCUT2D eigenvalue weighted by atomic mass is 10.3. The van der Waals surface area contributed by atoms with Crippen LogP contribution in [0.15, 0.2) is 0 Å². The molecule has 0 heterocycles. The number of rotatable bonds is 7. The van der Waals surface area contributed by atoms with E-state index in [1.54, 1.807) is 0 Å². The summed E-state index contributed by atoms with van der Waals surface area (Å²) in [4.78, 5) is 0. The Bertz CT molecular complexity index is 275. The summed E-state index contributed by atoms with van der Waals surface area (Å²) in [5.74, 6) is -1.59. The molecule has 16 heavy (non-hydrogen) atoms. The average molecular weight is 258 g/mol. The Kier molecular flexibility index (Phi) is 4.46. The first-order valence-electron chi connectivity index (χ1n) is 5.30. The van der Waals surface area contributed by atoms with Crippen LogP contribution in [0.5, 0.6) is 0 Å². The fourth-order valence-corrected chi connectivity index (χ4v) is 3.45. The smallest absolute Gasteiger partial charge is 0.396 e. The van der Waals surface area contributed by atoms with Gasteiger partial charge >= 0.3 is 13.3 Å². The maximum Gasteiger partial charge on any atom is 0.399 e. The highest BCUT2D eigenvalue weighted by Crippen LogP contribution is 2.70. The molecule has 0 saturated heterocycles. The molecule has 1 rings (SSSR count). The minimum absolute atomic E-state index is 0.0939. The minimum atomic E-state index is -4.41. The van der Waals surface area contributed by atoms with Crippen molar-refractivity contribution in [2.24, 2.45) is 11.8 Å². The lowest BCUT2D eigenvalue weighted by molar-refractivity contribution is 0.0125. The van der Waals surface area contributed by atoms with Gasteiger partial charge in [-0.3, -0.25) is 4.57 Å². The lowest BCUT2D eigenvalue weighted by Crippen LogP contribution is -2.24. The van der Waals surface area contributed by atoms with Gasteiger partial charge in [0.25, 0.3) is 0 Å². The highest BCUT2D eigenvalue weighted by atomic mass is 31.2. The van der Waals surface area contributed by atoms with Crippen LogP contribution in [0.2, 0.25) is 0 Å². The molecule has 0 amide bonds. The SMILES string of the molecule is CCOP(=O)(OCC)C(F)(F)[C@@H]1C[C@@H]1CO. The van der Waals surface area contributed by atoms with Gasteiger partial charge in [0.05, 0.1) is 13.2 Å². The maximum atomic E-state index is 13.8. The summed E-state index contributed by atoms with van der Waals surface area (Å²) >= 11 is 0. The van der Waals surface area contributed by atoms with E-state index >= 15 is 0 Å². The van der Waals surface area contributed by atoms with Gasteiger partial charge < -0.3 is 14.2 Å². The second kappa shape index (κ2) is 5.08. The Morgan fingerprint density at radius 1 is 1.38 bits per heavy atom. The number of aliphatic hydroxyl groups excluding tert-OH is 1. The second-order valence-electron chi connectivity index (χ2n) is 3.71. The second-order valence-corrected chi connectivity index (χ2v) is 5.81. The molecule has 0 bridgehead atoms. The van der Waals surface area contributed by atoms with Gasteiger partial charge in [-0.15, -0.1) is 0 Å². The minimum Gasteiger partial charge on any atom is -0.396 e. The molecule has 2 atom stereocenters. The van der Waals surface area contributed by atoms with Crippen LogP contribution in [0.4, 0.5) is 8.78 Å². The maximum absolute atomic E-state index is 13.8. The van der Waals surface area contributed by atoms with E-state index in [0.29, 0.717) is 0 Å². The predicted molar refractivity (Wildman–Crippen MR) is 54.5 cm³/mol. The third kappa shape index (κ3) is 2.45. The van der Waals surface area contributed by atoms with E-state index in [9.17, 15) is 13.3 Å². The van der Waals surface area contributed by atoms with E-state index in [1.807, 2.05) is 0 Å². The largest absolute Gasteiger partial charge is 0.399 e. The van der Waals surface area contributed by atoms with Crippen LogP contribution in [0.25, 0.3) is 0 Å². The van der Waals surface area contributed by atoms with Crippen molar-refractivity contribution in [3.63, 3.8) is 0 Å². The van der Waals surface area contributed by atoms with E-state index < -0.39 is 25.1 Å². The van der Waals surface area contributed by atoms with Crippen molar-refractivity contribution in [3.05, 3.63) is 0 Å². The molecule has 1 fully saturated rings. The molecule has 0 aliphatic heterocycles. The van der Waals surface area contributed by atoms with Gasteiger partial charge in [0, 0.05) is 12.5 Å². The van der Waals surface area contributed by atoms with Gasteiger partial charge in [0.2, 0.25) is 0 Å². The summed E-state index contributed by atoms with van der Waals surface area (Å²) in [7, 11) is -4.41. The van der Waals surface area contributed by atoms with Crippen LogP contribution in [-0.4, -0.2) is 30.6 Å². The molecule has 0 aromatic rings. The van der Waals surface area contributed by atoms with Crippen molar-refractivity contribution in [1.29, 1.82) is 0 Å². The Morgan fingerprint density at radius 3 is 2.19 bits per heavy atom. The Labute approximate surface area is 93.5 Å². The first-order valence-corrected chi connectivity index (χ1v) is 6.85. The standard InChI is InChI=1S/C9H17F2O4P/c1-3-14-16(13,15-4-2)9(10,11)8-5-7(8)6-12/h7-8,12H,3-6H2,1-2H3/t7-,8-/m1/s1. The van der Waals surface area contributed by atoms with Crippen molar-refractivity contribution >= 4 is 7.60 Å². The summed E-state index contributed by atoms with van der Waals surface area (Å²) in [5.41, 5.74) is -3.51. The molecule has 0 aromatic heterocycles. The number of alkyl halides is 2. The molecule has 1 N–H and O–H groups in total. The van der Waals surface area contributed by atoms with Crippen molar-refractivity contribution in [3.8, 4) is 0 Å². The molecule has 1 saturated carbocycles. The zero-order valence-corrected chi connectivity index (χ0v) is 10.3. The van der Waals surface area contributed by atoms with Crippen LogP contribution >= 0.6 is 7.60 Å². The van der Waals surface area contributed by atoms with Crippen LogP contribution in [-0.2, 0) is 13.6 Å².